The van der Waals surface area contributed by atoms with Crippen molar-refractivity contribution in [1.29, 1.82) is 0 Å². The largest absolute Gasteiger partial charge is 0.326 e. The quantitative estimate of drug-likeness (QED) is 0.834. The molecule has 1 aliphatic heterocycles. The number of rotatable bonds is 2. The highest BCUT2D eigenvalue weighted by Gasteiger charge is 2.57. The molecule has 3 rings (SSSR count). The number of hydrogen-bond acceptors (Lipinski definition) is 3. The first-order valence-corrected chi connectivity index (χ1v) is 6.64. The second-order valence-corrected chi connectivity index (χ2v) is 5.54. The van der Waals surface area contributed by atoms with Crippen molar-refractivity contribution in [2.24, 2.45) is 11.3 Å². The zero-order chi connectivity index (χ0) is 12.6. The number of piperidine rings is 1. The normalized spacial score (nSPS) is 24.8. The molecule has 2 N–H and O–H groups in total. The van der Waals surface area contributed by atoms with Crippen molar-refractivity contribution in [2.75, 3.05) is 18.4 Å². The Kier molecular flexibility index (Phi) is 2.82. The van der Waals surface area contributed by atoms with E-state index in [2.05, 4.69) is 15.6 Å². The Morgan fingerprint density at radius 2 is 2.28 bits per heavy atom. The van der Waals surface area contributed by atoms with E-state index in [1.807, 2.05) is 19.1 Å². The summed E-state index contributed by atoms with van der Waals surface area (Å²) in [5.41, 5.74) is 2.10. The minimum absolute atomic E-state index is 0.183. The highest BCUT2D eigenvalue weighted by molar-refractivity contribution is 5.95. The van der Waals surface area contributed by atoms with E-state index in [9.17, 15) is 4.79 Å². The molecule has 1 unspecified atom stereocenters. The maximum atomic E-state index is 12.2. The van der Waals surface area contributed by atoms with Gasteiger partial charge in [0.2, 0.25) is 5.91 Å². The number of aromatic nitrogens is 1. The number of carbonyl (C=O) groups excluding carboxylic acids is 1. The number of amides is 1. The van der Waals surface area contributed by atoms with Crippen LogP contribution >= 0.6 is 0 Å². The SMILES string of the molecule is Cc1cc(NC(=O)C2CC23CCNCC3)ccn1. The van der Waals surface area contributed by atoms with Gasteiger partial charge in [-0.15, -0.1) is 0 Å². The lowest BCUT2D eigenvalue weighted by molar-refractivity contribution is -0.118. The molecule has 18 heavy (non-hydrogen) atoms. The highest BCUT2D eigenvalue weighted by Crippen LogP contribution is 2.58. The van der Waals surface area contributed by atoms with E-state index in [0.29, 0.717) is 5.41 Å². The van der Waals surface area contributed by atoms with Gasteiger partial charge in [0.05, 0.1) is 0 Å². The first kappa shape index (κ1) is 11.7. The van der Waals surface area contributed by atoms with Gasteiger partial charge in [-0.1, -0.05) is 0 Å². The molecule has 1 saturated heterocycles. The third-order valence-electron chi connectivity index (χ3n) is 4.27. The fourth-order valence-corrected chi connectivity index (χ4v) is 3.05. The zero-order valence-corrected chi connectivity index (χ0v) is 10.7. The number of hydrogen-bond donors (Lipinski definition) is 2. The van der Waals surface area contributed by atoms with Gasteiger partial charge in [-0.3, -0.25) is 9.78 Å². The topological polar surface area (TPSA) is 54.0 Å². The summed E-state index contributed by atoms with van der Waals surface area (Å²) in [5, 5.41) is 6.37. The van der Waals surface area contributed by atoms with Gasteiger partial charge in [-0.25, -0.2) is 0 Å². The Labute approximate surface area is 107 Å². The molecule has 1 aliphatic carbocycles. The lowest BCUT2D eigenvalue weighted by atomic mass is 9.92. The summed E-state index contributed by atoms with van der Waals surface area (Å²) in [6.07, 6.45) is 5.07. The molecule has 1 aromatic heterocycles. The number of anilines is 1. The second-order valence-electron chi connectivity index (χ2n) is 5.54. The van der Waals surface area contributed by atoms with Crippen molar-refractivity contribution < 1.29 is 4.79 Å². The predicted molar refractivity (Wildman–Crippen MR) is 70.2 cm³/mol. The number of aryl methyl sites for hydroxylation is 1. The smallest absolute Gasteiger partial charge is 0.228 e. The van der Waals surface area contributed by atoms with Gasteiger partial charge in [0.1, 0.15) is 0 Å². The molecule has 1 spiro atoms. The first-order valence-electron chi connectivity index (χ1n) is 6.64. The van der Waals surface area contributed by atoms with E-state index >= 15 is 0 Å². The van der Waals surface area contributed by atoms with Crippen molar-refractivity contribution >= 4 is 11.6 Å². The van der Waals surface area contributed by atoms with E-state index in [-0.39, 0.29) is 11.8 Å². The Balaban J connectivity index is 1.63. The minimum Gasteiger partial charge on any atom is -0.326 e. The van der Waals surface area contributed by atoms with Crippen LogP contribution in [0, 0.1) is 18.3 Å². The molecule has 1 amide bonds. The number of carbonyl (C=O) groups is 1. The summed E-state index contributed by atoms with van der Waals surface area (Å²) in [7, 11) is 0. The number of nitrogens with one attached hydrogen (secondary N) is 2. The molecule has 1 saturated carbocycles. The molecule has 0 aromatic carbocycles. The number of nitrogens with zero attached hydrogens (tertiary/aromatic N) is 1. The van der Waals surface area contributed by atoms with Gasteiger partial charge in [0, 0.05) is 23.5 Å². The minimum atomic E-state index is 0.183. The van der Waals surface area contributed by atoms with Crippen molar-refractivity contribution in [3.05, 3.63) is 24.0 Å². The second kappa shape index (κ2) is 4.35. The van der Waals surface area contributed by atoms with Crippen LogP contribution in [0.3, 0.4) is 0 Å². The Morgan fingerprint density at radius 3 is 3.00 bits per heavy atom. The van der Waals surface area contributed by atoms with Gasteiger partial charge in [-0.05, 0) is 56.8 Å². The van der Waals surface area contributed by atoms with Crippen LogP contribution in [-0.4, -0.2) is 24.0 Å². The molecule has 4 heteroatoms. The van der Waals surface area contributed by atoms with Crippen LogP contribution in [0.4, 0.5) is 5.69 Å². The monoisotopic (exact) mass is 245 g/mol. The summed E-state index contributed by atoms with van der Waals surface area (Å²) >= 11 is 0. The van der Waals surface area contributed by atoms with Crippen molar-refractivity contribution in [2.45, 2.75) is 26.2 Å². The van der Waals surface area contributed by atoms with Crippen LogP contribution in [0.2, 0.25) is 0 Å². The molecule has 1 atom stereocenters. The molecule has 2 aliphatic rings. The van der Waals surface area contributed by atoms with E-state index in [0.717, 1.165) is 43.7 Å². The third kappa shape index (κ3) is 2.12. The molecule has 2 fully saturated rings. The molecular weight excluding hydrogens is 226 g/mol. The lowest BCUT2D eigenvalue weighted by Crippen LogP contribution is -2.31. The zero-order valence-electron chi connectivity index (χ0n) is 10.7. The van der Waals surface area contributed by atoms with Gasteiger partial charge in [0.25, 0.3) is 0 Å². The van der Waals surface area contributed by atoms with E-state index in [1.165, 1.54) is 0 Å². The standard InChI is InChI=1S/C14H19N3O/c1-10-8-11(2-5-16-10)17-13(18)12-9-14(12)3-6-15-7-4-14/h2,5,8,12,15H,3-4,6-7,9H2,1H3,(H,16,17,18). The van der Waals surface area contributed by atoms with E-state index in [4.69, 9.17) is 0 Å². The van der Waals surface area contributed by atoms with Gasteiger partial charge < -0.3 is 10.6 Å². The highest BCUT2D eigenvalue weighted by atomic mass is 16.2. The van der Waals surface area contributed by atoms with Crippen LogP contribution < -0.4 is 10.6 Å². The first-order chi connectivity index (χ1) is 8.70. The molecule has 1 aromatic rings. The van der Waals surface area contributed by atoms with Crippen LogP contribution in [0.5, 0.6) is 0 Å². The third-order valence-corrected chi connectivity index (χ3v) is 4.27. The van der Waals surface area contributed by atoms with Crippen molar-refractivity contribution in [1.82, 2.24) is 10.3 Å². The van der Waals surface area contributed by atoms with Crippen molar-refractivity contribution in [3.8, 4) is 0 Å². The Hall–Kier alpha value is -1.42. The Morgan fingerprint density at radius 1 is 1.50 bits per heavy atom. The molecule has 96 valence electrons. The lowest BCUT2D eigenvalue weighted by Gasteiger charge is -2.23. The van der Waals surface area contributed by atoms with Gasteiger partial charge in [0.15, 0.2) is 0 Å². The Bertz CT molecular complexity index is 466. The summed E-state index contributed by atoms with van der Waals surface area (Å²) in [6, 6.07) is 3.76. The summed E-state index contributed by atoms with van der Waals surface area (Å²) in [4.78, 5) is 16.3. The molecule has 4 nitrogen and oxygen atoms in total. The molecule has 0 bridgehead atoms. The van der Waals surface area contributed by atoms with Crippen LogP contribution in [0.1, 0.15) is 25.0 Å². The van der Waals surface area contributed by atoms with Gasteiger partial charge in [-0.2, -0.15) is 0 Å². The molecule has 2 heterocycles. The average molecular weight is 245 g/mol. The summed E-state index contributed by atoms with van der Waals surface area (Å²) in [5.74, 6) is 0.399. The van der Waals surface area contributed by atoms with Crippen LogP contribution in [0.15, 0.2) is 18.3 Å². The maximum Gasteiger partial charge on any atom is 0.228 e. The molecule has 0 radical (unpaired) electrons. The van der Waals surface area contributed by atoms with E-state index in [1.54, 1.807) is 6.20 Å². The van der Waals surface area contributed by atoms with Crippen LogP contribution in [0.25, 0.3) is 0 Å². The fourth-order valence-electron chi connectivity index (χ4n) is 3.05. The summed E-state index contributed by atoms with van der Waals surface area (Å²) in [6.45, 7) is 4.04. The fraction of sp³-hybridized carbons (Fsp3) is 0.571. The summed E-state index contributed by atoms with van der Waals surface area (Å²) < 4.78 is 0. The predicted octanol–water partition coefficient (Wildman–Crippen LogP) is 1.72. The molecular formula is C14H19N3O. The number of pyridine rings is 1. The maximum absolute atomic E-state index is 12.2. The van der Waals surface area contributed by atoms with Crippen LogP contribution in [-0.2, 0) is 4.79 Å². The van der Waals surface area contributed by atoms with E-state index < -0.39 is 0 Å². The van der Waals surface area contributed by atoms with Gasteiger partial charge >= 0.3 is 0 Å². The van der Waals surface area contributed by atoms with Crippen molar-refractivity contribution in [3.63, 3.8) is 0 Å². The average Bonchev–Trinajstić information content (AvgIpc) is 3.04.